The number of rotatable bonds is 0. The molecule has 0 aromatic rings. The number of nitrogens with one attached hydrogen (secondary N) is 1. The summed E-state index contributed by atoms with van der Waals surface area (Å²) in [5, 5.41) is 3.54. The van der Waals surface area contributed by atoms with E-state index < -0.39 is 0 Å². The molecule has 58 valence electrons. The van der Waals surface area contributed by atoms with Crippen LogP contribution in [0.15, 0.2) is 0 Å². The van der Waals surface area contributed by atoms with E-state index in [1.54, 1.807) is 0 Å². The molecule has 1 heterocycles. The summed E-state index contributed by atoms with van der Waals surface area (Å²) in [6, 6.07) is 0.772. The topological polar surface area (TPSA) is 12.0 Å². The van der Waals surface area contributed by atoms with Crippen LogP contribution in [-0.4, -0.2) is 12.6 Å². The van der Waals surface area contributed by atoms with Gasteiger partial charge in [-0.15, -0.1) is 0 Å². The van der Waals surface area contributed by atoms with Crippen molar-refractivity contribution >= 4 is 0 Å². The van der Waals surface area contributed by atoms with E-state index in [0.29, 0.717) is 5.41 Å². The van der Waals surface area contributed by atoms with Gasteiger partial charge in [-0.05, 0) is 37.1 Å². The van der Waals surface area contributed by atoms with Crippen molar-refractivity contribution in [2.24, 2.45) is 17.3 Å². The highest BCUT2D eigenvalue weighted by Crippen LogP contribution is 2.54. The van der Waals surface area contributed by atoms with Gasteiger partial charge in [-0.3, -0.25) is 0 Å². The first-order valence-electron chi connectivity index (χ1n) is 4.34. The summed E-state index contributed by atoms with van der Waals surface area (Å²) in [6.07, 6.45) is 1.44. The molecule has 2 fully saturated rings. The van der Waals surface area contributed by atoms with Crippen molar-refractivity contribution in [3.63, 3.8) is 0 Å². The summed E-state index contributed by atoms with van der Waals surface area (Å²) in [7, 11) is 0. The van der Waals surface area contributed by atoms with Gasteiger partial charge in [0.15, 0.2) is 0 Å². The fourth-order valence-electron chi connectivity index (χ4n) is 3.16. The number of fused-ring (bicyclic) bond motifs is 1. The van der Waals surface area contributed by atoms with Gasteiger partial charge in [0.05, 0.1) is 0 Å². The van der Waals surface area contributed by atoms with Crippen LogP contribution < -0.4 is 5.32 Å². The Morgan fingerprint density at radius 3 is 2.50 bits per heavy atom. The molecular formula is C9H17N. The van der Waals surface area contributed by atoms with Crippen LogP contribution in [-0.2, 0) is 0 Å². The fraction of sp³-hybridized carbons (Fsp3) is 1.00. The third-order valence-electron chi connectivity index (χ3n) is 3.44. The first-order valence-corrected chi connectivity index (χ1v) is 4.34. The first kappa shape index (κ1) is 6.66. The zero-order valence-electron chi connectivity index (χ0n) is 7.15. The summed E-state index contributed by atoms with van der Waals surface area (Å²) in [4.78, 5) is 0. The van der Waals surface area contributed by atoms with E-state index in [1.807, 2.05) is 0 Å². The number of hydrogen-bond acceptors (Lipinski definition) is 1. The van der Waals surface area contributed by atoms with E-state index in [4.69, 9.17) is 0 Å². The minimum atomic E-state index is 0.633. The van der Waals surface area contributed by atoms with E-state index in [-0.39, 0.29) is 0 Å². The van der Waals surface area contributed by atoms with Gasteiger partial charge in [-0.2, -0.15) is 0 Å². The third-order valence-corrected chi connectivity index (χ3v) is 3.44. The van der Waals surface area contributed by atoms with Crippen molar-refractivity contribution in [3.8, 4) is 0 Å². The molecule has 1 saturated heterocycles. The zero-order chi connectivity index (χ0) is 7.35. The molecule has 2 aliphatic rings. The molecule has 0 radical (unpaired) electrons. The van der Waals surface area contributed by atoms with E-state index in [0.717, 1.165) is 17.9 Å². The Bertz CT molecular complexity index is 145. The van der Waals surface area contributed by atoms with Crippen molar-refractivity contribution in [2.75, 3.05) is 6.54 Å². The van der Waals surface area contributed by atoms with Crippen LogP contribution in [0.1, 0.15) is 27.2 Å². The second-order valence-corrected chi connectivity index (χ2v) is 4.68. The lowest BCUT2D eigenvalue weighted by molar-refractivity contribution is 0.0126. The summed E-state index contributed by atoms with van der Waals surface area (Å²) in [5.74, 6) is 1.97. The lowest BCUT2D eigenvalue weighted by atomic mass is 9.55. The SMILES string of the molecule is C[C@H]1NC[C@@H]2CC(C)(C)[C@@H]21. The van der Waals surface area contributed by atoms with Crippen molar-refractivity contribution in [1.29, 1.82) is 0 Å². The molecule has 0 spiro atoms. The molecule has 0 bridgehead atoms. The van der Waals surface area contributed by atoms with Crippen LogP contribution in [0.2, 0.25) is 0 Å². The highest BCUT2D eigenvalue weighted by Gasteiger charge is 2.52. The Morgan fingerprint density at radius 2 is 2.10 bits per heavy atom. The molecule has 1 nitrogen and oxygen atoms in total. The molecule has 2 rings (SSSR count). The van der Waals surface area contributed by atoms with Crippen LogP contribution in [0.4, 0.5) is 0 Å². The predicted octanol–water partition coefficient (Wildman–Crippen LogP) is 1.64. The third kappa shape index (κ3) is 0.672. The van der Waals surface area contributed by atoms with Gasteiger partial charge >= 0.3 is 0 Å². The Morgan fingerprint density at radius 1 is 1.40 bits per heavy atom. The second-order valence-electron chi connectivity index (χ2n) is 4.68. The average Bonchev–Trinajstić information content (AvgIpc) is 2.06. The zero-order valence-corrected chi connectivity index (χ0v) is 7.15. The highest BCUT2D eigenvalue weighted by atomic mass is 15.0. The summed E-state index contributed by atoms with van der Waals surface area (Å²) >= 11 is 0. The minimum absolute atomic E-state index is 0.633. The van der Waals surface area contributed by atoms with Crippen LogP contribution in [0.25, 0.3) is 0 Å². The van der Waals surface area contributed by atoms with E-state index >= 15 is 0 Å². The molecule has 1 heteroatoms. The smallest absolute Gasteiger partial charge is 0.00753 e. The normalized spacial score (nSPS) is 50.1. The van der Waals surface area contributed by atoms with Gasteiger partial charge in [-0.25, -0.2) is 0 Å². The molecule has 1 saturated carbocycles. The second kappa shape index (κ2) is 1.76. The standard InChI is InChI=1S/C9H17N/c1-6-8-7(5-10-6)4-9(8,2)3/h6-8,10H,4-5H2,1-3H3/t6-,7+,8-/m1/s1. The average molecular weight is 139 g/mol. The molecular weight excluding hydrogens is 122 g/mol. The summed E-state index contributed by atoms with van der Waals surface area (Å²) in [5.41, 5.74) is 0.633. The van der Waals surface area contributed by atoms with Crippen molar-refractivity contribution in [2.45, 2.75) is 33.2 Å². The molecule has 1 N–H and O–H groups in total. The Labute approximate surface area is 63.2 Å². The highest BCUT2D eigenvalue weighted by molar-refractivity contribution is 5.05. The lowest BCUT2D eigenvalue weighted by Gasteiger charge is -2.49. The van der Waals surface area contributed by atoms with E-state index in [9.17, 15) is 0 Å². The Kier molecular flexibility index (Phi) is 1.17. The predicted molar refractivity (Wildman–Crippen MR) is 42.8 cm³/mol. The Hall–Kier alpha value is -0.0400. The van der Waals surface area contributed by atoms with E-state index in [2.05, 4.69) is 26.1 Å². The minimum Gasteiger partial charge on any atom is -0.314 e. The lowest BCUT2D eigenvalue weighted by Crippen LogP contribution is -2.45. The first-order chi connectivity index (χ1) is 4.61. The molecule has 10 heavy (non-hydrogen) atoms. The van der Waals surface area contributed by atoms with Gasteiger partial charge in [0.25, 0.3) is 0 Å². The van der Waals surface area contributed by atoms with Gasteiger partial charge < -0.3 is 5.32 Å². The maximum absolute atomic E-state index is 3.54. The molecule has 0 amide bonds. The van der Waals surface area contributed by atoms with Gasteiger partial charge in [-0.1, -0.05) is 13.8 Å². The van der Waals surface area contributed by atoms with Gasteiger partial charge in [0.2, 0.25) is 0 Å². The van der Waals surface area contributed by atoms with Crippen LogP contribution in [0.3, 0.4) is 0 Å². The number of hydrogen-bond donors (Lipinski definition) is 1. The van der Waals surface area contributed by atoms with Gasteiger partial charge in [0, 0.05) is 6.04 Å². The molecule has 1 aliphatic heterocycles. The van der Waals surface area contributed by atoms with Crippen molar-refractivity contribution < 1.29 is 0 Å². The largest absolute Gasteiger partial charge is 0.314 e. The maximum Gasteiger partial charge on any atom is 0.00753 e. The molecule has 0 unspecified atom stereocenters. The van der Waals surface area contributed by atoms with Crippen molar-refractivity contribution in [1.82, 2.24) is 5.32 Å². The quantitative estimate of drug-likeness (QED) is 0.538. The van der Waals surface area contributed by atoms with Crippen LogP contribution in [0, 0.1) is 17.3 Å². The summed E-state index contributed by atoms with van der Waals surface area (Å²) < 4.78 is 0. The summed E-state index contributed by atoms with van der Waals surface area (Å²) in [6.45, 7) is 8.40. The molecule has 1 aliphatic carbocycles. The Balaban J connectivity index is 2.13. The molecule has 3 atom stereocenters. The van der Waals surface area contributed by atoms with Crippen LogP contribution >= 0.6 is 0 Å². The molecule has 0 aromatic carbocycles. The van der Waals surface area contributed by atoms with Crippen LogP contribution in [0.5, 0.6) is 0 Å². The molecule has 0 aromatic heterocycles. The maximum atomic E-state index is 3.54. The van der Waals surface area contributed by atoms with Crippen molar-refractivity contribution in [3.05, 3.63) is 0 Å². The fourth-order valence-corrected chi connectivity index (χ4v) is 3.16. The van der Waals surface area contributed by atoms with E-state index in [1.165, 1.54) is 13.0 Å². The monoisotopic (exact) mass is 139 g/mol. The van der Waals surface area contributed by atoms with Gasteiger partial charge in [0.1, 0.15) is 0 Å².